The molecule has 1 saturated heterocycles. The van der Waals surface area contributed by atoms with Crippen molar-refractivity contribution in [1.29, 1.82) is 0 Å². The second-order valence-electron chi connectivity index (χ2n) is 5.61. The molecule has 1 aromatic carbocycles. The maximum absolute atomic E-state index is 12.2. The summed E-state index contributed by atoms with van der Waals surface area (Å²) in [4.78, 5) is 26.0. The lowest BCUT2D eigenvalue weighted by Crippen LogP contribution is -2.49. The number of rotatable bonds is 4. The highest BCUT2D eigenvalue weighted by atomic mass is 16.2. The Morgan fingerprint density at radius 2 is 1.82 bits per heavy atom. The van der Waals surface area contributed by atoms with E-state index < -0.39 is 6.04 Å². The fraction of sp³-hybridized carbons (Fsp3) is 0.500. The molecule has 0 saturated carbocycles. The van der Waals surface area contributed by atoms with Gasteiger partial charge in [0, 0.05) is 25.3 Å². The van der Waals surface area contributed by atoms with Crippen LogP contribution in [0.2, 0.25) is 0 Å². The summed E-state index contributed by atoms with van der Waals surface area (Å²) in [5.74, 6) is -0.0201. The quantitative estimate of drug-likeness (QED) is 0.790. The van der Waals surface area contributed by atoms with Gasteiger partial charge in [-0.1, -0.05) is 12.1 Å². The van der Waals surface area contributed by atoms with Gasteiger partial charge in [-0.25, -0.2) is 4.79 Å². The van der Waals surface area contributed by atoms with Crippen LogP contribution < -0.4 is 16.4 Å². The van der Waals surface area contributed by atoms with Crippen molar-refractivity contribution >= 4 is 17.6 Å². The molecule has 22 heavy (non-hydrogen) atoms. The summed E-state index contributed by atoms with van der Waals surface area (Å²) < 4.78 is 0. The van der Waals surface area contributed by atoms with Crippen LogP contribution in [-0.4, -0.2) is 36.0 Å². The molecule has 1 atom stereocenters. The van der Waals surface area contributed by atoms with Crippen LogP contribution in [0.3, 0.4) is 0 Å². The second-order valence-corrected chi connectivity index (χ2v) is 5.61. The van der Waals surface area contributed by atoms with E-state index in [9.17, 15) is 9.59 Å². The number of carbonyl (C=O) groups excluding carboxylic acids is 2. The molecule has 0 spiro atoms. The minimum absolute atomic E-state index is 0.0201. The number of hydrogen-bond acceptors (Lipinski definition) is 3. The summed E-state index contributed by atoms with van der Waals surface area (Å²) in [6, 6.07) is 6.40. The monoisotopic (exact) mass is 304 g/mol. The van der Waals surface area contributed by atoms with Crippen LogP contribution in [-0.2, 0) is 11.3 Å². The molecule has 0 aromatic heterocycles. The average molecular weight is 304 g/mol. The molecule has 0 aliphatic carbocycles. The number of likely N-dealkylation sites (tertiary alicyclic amines) is 1. The smallest absolute Gasteiger partial charge is 0.319 e. The van der Waals surface area contributed by atoms with E-state index in [1.165, 1.54) is 6.42 Å². The molecule has 1 aliphatic heterocycles. The third-order valence-corrected chi connectivity index (χ3v) is 3.83. The number of nitrogens with two attached hydrogens (primary N) is 1. The van der Waals surface area contributed by atoms with Crippen molar-refractivity contribution < 1.29 is 9.59 Å². The number of nitrogens with zero attached hydrogens (tertiary/aromatic N) is 1. The molecular formula is C16H24N4O2. The summed E-state index contributed by atoms with van der Waals surface area (Å²) in [5, 5.41) is 5.41. The lowest BCUT2D eigenvalue weighted by atomic mass is 10.1. The van der Waals surface area contributed by atoms with E-state index in [-0.39, 0.29) is 11.9 Å². The van der Waals surface area contributed by atoms with Crippen molar-refractivity contribution in [1.82, 2.24) is 10.2 Å². The molecule has 0 radical (unpaired) electrons. The van der Waals surface area contributed by atoms with Gasteiger partial charge in [-0.2, -0.15) is 0 Å². The maximum Gasteiger partial charge on any atom is 0.319 e. The molecule has 3 amide bonds. The summed E-state index contributed by atoms with van der Waals surface area (Å²) in [7, 11) is 0. The first kappa shape index (κ1) is 16.3. The van der Waals surface area contributed by atoms with Crippen LogP contribution in [0.1, 0.15) is 31.7 Å². The number of benzene rings is 1. The number of amides is 3. The van der Waals surface area contributed by atoms with Crippen molar-refractivity contribution in [3.63, 3.8) is 0 Å². The van der Waals surface area contributed by atoms with E-state index in [1.807, 2.05) is 17.0 Å². The van der Waals surface area contributed by atoms with Crippen LogP contribution in [0.5, 0.6) is 0 Å². The number of piperidine rings is 1. The van der Waals surface area contributed by atoms with E-state index in [1.54, 1.807) is 19.1 Å². The number of anilines is 1. The van der Waals surface area contributed by atoms with Gasteiger partial charge < -0.3 is 21.3 Å². The zero-order valence-electron chi connectivity index (χ0n) is 13.0. The summed E-state index contributed by atoms with van der Waals surface area (Å²) in [6.07, 6.45) is 3.25. The van der Waals surface area contributed by atoms with Crippen LogP contribution in [0, 0.1) is 0 Å². The highest BCUT2D eigenvalue weighted by Gasteiger charge is 2.23. The lowest BCUT2D eigenvalue weighted by Gasteiger charge is -2.29. The second kappa shape index (κ2) is 7.79. The molecule has 2 rings (SSSR count). The lowest BCUT2D eigenvalue weighted by molar-refractivity contribution is -0.133. The first-order chi connectivity index (χ1) is 10.6. The summed E-state index contributed by atoms with van der Waals surface area (Å²) in [5.41, 5.74) is 7.20. The Balaban J connectivity index is 1.83. The van der Waals surface area contributed by atoms with Crippen molar-refractivity contribution in [2.24, 2.45) is 5.73 Å². The van der Waals surface area contributed by atoms with Gasteiger partial charge in [-0.3, -0.25) is 4.79 Å². The fourth-order valence-corrected chi connectivity index (χ4v) is 2.54. The van der Waals surface area contributed by atoms with Gasteiger partial charge in [0.1, 0.15) is 6.04 Å². The van der Waals surface area contributed by atoms with E-state index in [4.69, 9.17) is 5.73 Å². The number of hydrogen-bond donors (Lipinski definition) is 3. The van der Waals surface area contributed by atoms with E-state index in [0.29, 0.717) is 12.2 Å². The average Bonchev–Trinajstić information content (AvgIpc) is 2.55. The third kappa shape index (κ3) is 4.46. The summed E-state index contributed by atoms with van der Waals surface area (Å²) in [6.45, 7) is 3.75. The molecule has 1 aliphatic rings. The summed E-state index contributed by atoms with van der Waals surface area (Å²) >= 11 is 0. The Hall–Kier alpha value is -2.08. The highest BCUT2D eigenvalue weighted by Crippen LogP contribution is 2.11. The predicted molar refractivity (Wildman–Crippen MR) is 86.4 cm³/mol. The normalized spacial score (nSPS) is 16.0. The van der Waals surface area contributed by atoms with Crippen molar-refractivity contribution in [3.05, 3.63) is 29.8 Å². The number of nitrogens with one attached hydrogen (secondary N) is 2. The van der Waals surface area contributed by atoms with Crippen molar-refractivity contribution in [2.45, 2.75) is 38.8 Å². The van der Waals surface area contributed by atoms with E-state index in [2.05, 4.69) is 10.6 Å². The number of carbonyl (C=O) groups is 2. The fourth-order valence-electron chi connectivity index (χ4n) is 2.54. The Kier molecular flexibility index (Phi) is 5.77. The predicted octanol–water partition coefficient (Wildman–Crippen LogP) is 1.67. The first-order valence-electron chi connectivity index (χ1n) is 7.75. The SMILES string of the molecule is CC(NC(=O)Nc1ccc(CN)cc1)C(=O)N1CCCCC1. The molecule has 6 nitrogen and oxygen atoms in total. The molecule has 1 aromatic rings. The first-order valence-corrected chi connectivity index (χ1v) is 7.75. The van der Waals surface area contributed by atoms with Crippen molar-refractivity contribution in [2.75, 3.05) is 18.4 Å². The van der Waals surface area contributed by atoms with Crippen LogP contribution in [0.4, 0.5) is 10.5 Å². The standard InChI is InChI=1S/C16H24N4O2/c1-12(15(21)20-9-3-2-4-10-20)18-16(22)19-14-7-5-13(11-17)6-8-14/h5-8,12H,2-4,9-11,17H2,1H3,(H2,18,19,22). The Morgan fingerprint density at radius 3 is 2.41 bits per heavy atom. The van der Waals surface area contributed by atoms with Crippen LogP contribution in [0.15, 0.2) is 24.3 Å². The van der Waals surface area contributed by atoms with Gasteiger partial charge in [0.25, 0.3) is 0 Å². The van der Waals surface area contributed by atoms with Gasteiger partial charge in [0.2, 0.25) is 5.91 Å². The maximum atomic E-state index is 12.2. The van der Waals surface area contributed by atoms with Crippen molar-refractivity contribution in [3.8, 4) is 0 Å². The van der Waals surface area contributed by atoms with Gasteiger partial charge in [0.15, 0.2) is 0 Å². The molecular weight excluding hydrogens is 280 g/mol. The molecule has 1 unspecified atom stereocenters. The number of urea groups is 1. The topological polar surface area (TPSA) is 87.5 Å². The Labute approximate surface area is 131 Å². The van der Waals surface area contributed by atoms with Gasteiger partial charge in [-0.15, -0.1) is 0 Å². The third-order valence-electron chi connectivity index (χ3n) is 3.83. The zero-order chi connectivity index (χ0) is 15.9. The molecule has 1 fully saturated rings. The van der Waals surface area contributed by atoms with E-state index in [0.717, 1.165) is 31.5 Å². The van der Waals surface area contributed by atoms with Gasteiger partial charge >= 0.3 is 6.03 Å². The van der Waals surface area contributed by atoms with Crippen LogP contribution >= 0.6 is 0 Å². The van der Waals surface area contributed by atoms with E-state index >= 15 is 0 Å². The minimum atomic E-state index is -0.526. The molecule has 0 bridgehead atoms. The molecule has 4 N–H and O–H groups in total. The largest absolute Gasteiger partial charge is 0.341 e. The highest BCUT2D eigenvalue weighted by molar-refractivity contribution is 5.93. The van der Waals surface area contributed by atoms with Gasteiger partial charge in [-0.05, 0) is 43.9 Å². The Bertz CT molecular complexity index is 509. The molecule has 6 heteroatoms. The Morgan fingerprint density at radius 1 is 1.18 bits per heavy atom. The van der Waals surface area contributed by atoms with Gasteiger partial charge in [0.05, 0.1) is 0 Å². The van der Waals surface area contributed by atoms with Crippen LogP contribution in [0.25, 0.3) is 0 Å². The molecule has 120 valence electrons. The zero-order valence-corrected chi connectivity index (χ0v) is 13.0. The minimum Gasteiger partial charge on any atom is -0.341 e. The molecule has 1 heterocycles.